The first kappa shape index (κ1) is 17.7. The number of amides is 1. The van der Waals surface area contributed by atoms with Crippen molar-refractivity contribution >= 4 is 17.3 Å². The average Bonchev–Trinajstić information content (AvgIpc) is 2.62. The minimum absolute atomic E-state index is 0.147. The molecule has 1 amide bonds. The van der Waals surface area contributed by atoms with E-state index in [9.17, 15) is 14.9 Å². The third-order valence-corrected chi connectivity index (χ3v) is 5.27. The van der Waals surface area contributed by atoms with Gasteiger partial charge in [0, 0.05) is 44.8 Å². The van der Waals surface area contributed by atoms with E-state index >= 15 is 0 Å². The molecular weight excluding hydrogens is 320 g/mol. The Morgan fingerprint density at radius 1 is 1.16 bits per heavy atom. The van der Waals surface area contributed by atoms with Crippen LogP contribution in [0.2, 0.25) is 0 Å². The minimum Gasteiger partial charge on any atom is -0.363 e. The van der Waals surface area contributed by atoms with Crippen molar-refractivity contribution in [1.82, 2.24) is 9.80 Å². The molecule has 0 bridgehead atoms. The monoisotopic (exact) mass is 346 g/mol. The lowest BCUT2D eigenvalue weighted by Gasteiger charge is -2.38. The van der Waals surface area contributed by atoms with E-state index in [-0.39, 0.29) is 16.5 Å². The van der Waals surface area contributed by atoms with Gasteiger partial charge in [-0.25, -0.2) is 0 Å². The summed E-state index contributed by atoms with van der Waals surface area (Å²) >= 11 is 0. The molecule has 2 aliphatic heterocycles. The van der Waals surface area contributed by atoms with Crippen LogP contribution in [0.25, 0.3) is 0 Å². The van der Waals surface area contributed by atoms with E-state index in [1.807, 2.05) is 15.9 Å². The number of nitro benzene ring substituents is 1. The fourth-order valence-corrected chi connectivity index (χ4v) is 3.78. The van der Waals surface area contributed by atoms with E-state index in [0.717, 1.165) is 32.5 Å². The number of likely N-dealkylation sites (tertiary alicyclic amines) is 1. The maximum atomic E-state index is 12.6. The molecule has 0 aliphatic carbocycles. The molecular formula is C18H26N4O3. The first-order valence-electron chi connectivity index (χ1n) is 9.06. The second-order valence-electron chi connectivity index (χ2n) is 6.94. The maximum absolute atomic E-state index is 12.6. The number of hydrogen-bond acceptors (Lipinski definition) is 5. The molecule has 0 saturated carbocycles. The molecule has 0 aromatic heterocycles. The van der Waals surface area contributed by atoms with Gasteiger partial charge in [0.25, 0.3) is 5.69 Å². The summed E-state index contributed by atoms with van der Waals surface area (Å²) in [5.74, 6) is 0.214. The largest absolute Gasteiger partial charge is 0.363 e. The van der Waals surface area contributed by atoms with E-state index in [1.165, 1.54) is 6.42 Å². The zero-order valence-corrected chi connectivity index (χ0v) is 14.8. The highest BCUT2D eigenvalue weighted by Gasteiger charge is 2.27. The van der Waals surface area contributed by atoms with Crippen molar-refractivity contribution in [3.05, 3.63) is 34.4 Å². The predicted molar refractivity (Wildman–Crippen MR) is 96.8 cm³/mol. The van der Waals surface area contributed by atoms with Gasteiger partial charge >= 0.3 is 0 Å². The van der Waals surface area contributed by atoms with Crippen LogP contribution in [-0.4, -0.2) is 65.9 Å². The number of anilines is 1. The molecule has 0 radical (unpaired) electrons. The van der Waals surface area contributed by atoms with Crippen molar-refractivity contribution in [3.8, 4) is 0 Å². The van der Waals surface area contributed by atoms with Gasteiger partial charge in [0.15, 0.2) is 0 Å². The third kappa shape index (κ3) is 4.10. The van der Waals surface area contributed by atoms with Gasteiger partial charge < -0.3 is 9.80 Å². The van der Waals surface area contributed by atoms with Crippen LogP contribution < -0.4 is 4.90 Å². The molecule has 0 N–H and O–H groups in total. The molecule has 7 heteroatoms. The number of para-hydroxylation sites is 2. The van der Waals surface area contributed by atoms with Crippen molar-refractivity contribution < 1.29 is 9.72 Å². The van der Waals surface area contributed by atoms with Gasteiger partial charge in [0.05, 0.1) is 11.5 Å². The van der Waals surface area contributed by atoms with Gasteiger partial charge in [0.2, 0.25) is 5.91 Å². The molecule has 2 aliphatic rings. The van der Waals surface area contributed by atoms with E-state index in [2.05, 4.69) is 11.8 Å². The van der Waals surface area contributed by atoms with E-state index < -0.39 is 0 Å². The number of rotatable bonds is 4. The van der Waals surface area contributed by atoms with Gasteiger partial charge in [0.1, 0.15) is 5.69 Å². The summed E-state index contributed by atoms with van der Waals surface area (Å²) in [6, 6.07) is 7.21. The lowest BCUT2D eigenvalue weighted by Crippen LogP contribution is -2.52. The molecule has 1 atom stereocenters. The van der Waals surface area contributed by atoms with Crippen LogP contribution in [0.3, 0.4) is 0 Å². The van der Waals surface area contributed by atoms with Gasteiger partial charge in [-0.3, -0.25) is 19.8 Å². The summed E-state index contributed by atoms with van der Waals surface area (Å²) in [6.07, 6.45) is 3.40. The van der Waals surface area contributed by atoms with Crippen molar-refractivity contribution in [2.24, 2.45) is 0 Å². The Bertz CT molecular complexity index is 629. The molecule has 3 rings (SSSR count). The van der Waals surface area contributed by atoms with Crippen LogP contribution in [-0.2, 0) is 4.79 Å². The number of carbonyl (C=O) groups excluding carboxylic acids is 1. The molecule has 7 nitrogen and oxygen atoms in total. The molecule has 1 aromatic rings. The smallest absolute Gasteiger partial charge is 0.292 e. The molecule has 2 heterocycles. The fourth-order valence-electron chi connectivity index (χ4n) is 3.78. The molecule has 2 saturated heterocycles. The SMILES string of the molecule is CC1CCCCN1C(=O)CN1CCN(c2ccccc2[N+](=O)[O-])CC1. The van der Waals surface area contributed by atoms with Crippen molar-refractivity contribution in [2.75, 3.05) is 44.2 Å². The van der Waals surface area contributed by atoms with Crippen LogP contribution >= 0.6 is 0 Å². The van der Waals surface area contributed by atoms with Gasteiger partial charge in [-0.2, -0.15) is 0 Å². The van der Waals surface area contributed by atoms with Crippen molar-refractivity contribution in [1.29, 1.82) is 0 Å². The topological polar surface area (TPSA) is 69.9 Å². The highest BCUT2D eigenvalue weighted by molar-refractivity contribution is 5.78. The predicted octanol–water partition coefficient (Wildman–Crippen LogP) is 2.12. The summed E-state index contributed by atoms with van der Waals surface area (Å²) in [6.45, 7) is 6.36. The van der Waals surface area contributed by atoms with E-state index in [0.29, 0.717) is 31.4 Å². The van der Waals surface area contributed by atoms with Crippen LogP contribution in [0.15, 0.2) is 24.3 Å². The fraction of sp³-hybridized carbons (Fsp3) is 0.611. The summed E-state index contributed by atoms with van der Waals surface area (Å²) in [5.41, 5.74) is 0.817. The normalized spacial score (nSPS) is 22.0. The maximum Gasteiger partial charge on any atom is 0.292 e. The Morgan fingerprint density at radius 3 is 2.56 bits per heavy atom. The summed E-state index contributed by atoms with van der Waals surface area (Å²) in [5, 5.41) is 11.2. The highest BCUT2D eigenvalue weighted by Crippen LogP contribution is 2.28. The second-order valence-corrected chi connectivity index (χ2v) is 6.94. The number of benzene rings is 1. The Labute approximate surface area is 148 Å². The van der Waals surface area contributed by atoms with Gasteiger partial charge in [-0.1, -0.05) is 12.1 Å². The Balaban J connectivity index is 1.55. The first-order valence-corrected chi connectivity index (χ1v) is 9.06. The Hall–Kier alpha value is -2.15. The Morgan fingerprint density at radius 2 is 1.88 bits per heavy atom. The molecule has 25 heavy (non-hydrogen) atoms. The molecule has 1 unspecified atom stereocenters. The quantitative estimate of drug-likeness (QED) is 0.617. The Kier molecular flexibility index (Phi) is 5.53. The first-order chi connectivity index (χ1) is 12.1. The summed E-state index contributed by atoms with van der Waals surface area (Å²) in [4.78, 5) is 29.6. The van der Waals surface area contributed by atoms with Crippen LogP contribution in [0.5, 0.6) is 0 Å². The zero-order chi connectivity index (χ0) is 17.8. The number of carbonyl (C=O) groups is 1. The van der Waals surface area contributed by atoms with Crippen LogP contribution in [0, 0.1) is 10.1 Å². The summed E-state index contributed by atoms with van der Waals surface area (Å²) < 4.78 is 0. The van der Waals surface area contributed by atoms with Crippen LogP contribution in [0.1, 0.15) is 26.2 Å². The molecule has 1 aromatic carbocycles. The zero-order valence-electron chi connectivity index (χ0n) is 14.8. The lowest BCUT2D eigenvalue weighted by molar-refractivity contribution is -0.384. The average molecular weight is 346 g/mol. The lowest BCUT2D eigenvalue weighted by atomic mass is 10.0. The molecule has 136 valence electrons. The number of piperazine rings is 1. The number of nitro groups is 1. The van der Waals surface area contributed by atoms with Gasteiger partial charge in [-0.15, -0.1) is 0 Å². The number of piperidine rings is 1. The third-order valence-electron chi connectivity index (χ3n) is 5.27. The van der Waals surface area contributed by atoms with E-state index in [1.54, 1.807) is 18.2 Å². The van der Waals surface area contributed by atoms with Crippen molar-refractivity contribution in [2.45, 2.75) is 32.2 Å². The number of hydrogen-bond donors (Lipinski definition) is 0. The highest BCUT2D eigenvalue weighted by atomic mass is 16.6. The van der Waals surface area contributed by atoms with Crippen molar-refractivity contribution in [3.63, 3.8) is 0 Å². The van der Waals surface area contributed by atoms with Crippen LogP contribution in [0.4, 0.5) is 11.4 Å². The van der Waals surface area contributed by atoms with E-state index in [4.69, 9.17) is 0 Å². The molecule has 2 fully saturated rings. The van der Waals surface area contributed by atoms with Gasteiger partial charge in [-0.05, 0) is 32.3 Å². The standard InChI is InChI=1S/C18H26N4O3/c1-15-6-4-5-9-21(15)18(23)14-19-10-12-20(13-11-19)16-7-2-3-8-17(16)22(24)25/h2-3,7-8,15H,4-6,9-14H2,1H3. The summed E-state index contributed by atoms with van der Waals surface area (Å²) in [7, 11) is 0. The second kappa shape index (κ2) is 7.82. The number of nitrogens with zero attached hydrogens (tertiary/aromatic N) is 4. The minimum atomic E-state index is -0.330. The molecule has 0 spiro atoms.